The normalized spacial score (nSPS) is 17.6. The van der Waals surface area contributed by atoms with Crippen molar-refractivity contribution in [3.05, 3.63) is 339 Å². The van der Waals surface area contributed by atoms with Gasteiger partial charge in [-0.3, -0.25) is 0 Å². The summed E-state index contributed by atoms with van der Waals surface area (Å²) in [5.41, 5.74) is 34.8. The second kappa shape index (κ2) is 23.5. The first-order valence-corrected chi connectivity index (χ1v) is 54.3. The monoisotopic (exact) mass is 1790 g/mol. The molecule has 28 heteroatoms. The van der Waals surface area contributed by atoms with Crippen LogP contribution in [0.25, 0.3) is 110 Å². The van der Waals surface area contributed by atoms with Gasteiger partial charge in [0.15, 0.2) is 0 Å². The van der Waals surface area contributed by atoms with Gasteiger partial charge in [0.1, 0.15) is 46.0 Å². The van der Waals surface area contributed by atoms with E-state index in [4.69, 9.17) is 37.9 Å². The number of fused-ring (bicyclic) bond motifs is 16. The van der Waals surface area contributed by atoms with Gasteiger partial charge in [-0.25, -0.2) is 0 Å². The minimum atomic E-state index is -2.27. The van der Waals surface area contributed by atoms with E-state index in [9.17, 15) is 0 Å². The van der Waals surface area contributed by atoms with E-state index in [2.05, 4.69) is 370 Å². The van der Waals surface area contributed by atoms with Gasteiger partial charge in [0.25, 0.3) is 13.4 Å². The van der Waals surface area contributed by atoms with Crippen molar-refractivity contribution in [2.45, 2.75) is 13.8 Å². The number of para-hydroxylation sites is 6. The molecule has 20 aliphatic rings. The van der Waals surface area contributed by atoms with Crippen LogP contribution in [0.1, 0.15) is 11.1 Å². The maximum absolute atomic E-state index is 7.14. The Labute approximate surface area is 793 Å². The minimum absolute atomic E-state index is 0.121. The Hall–Kier alpha value is -15.2. The zero-order chi connectivity index (χ0) is 88.8. The Morgan fingerprint density at radius 1 is 0.232 bits per heavy atom. The van der Waals surface area contributed by atoms with Crippen LogP contribution in [0.3, 0.4) is 0 Å². The summed E-state index contributed by atoms with van der Waals surface area (Å²) in [6.45, 7) is 4.73. The van der Waals surface area contributed by atoms with Crippen LogP contribution < -0.4 is 124 Å². The molecular formula is C110H66B12N6O8P2-2. The number of benzene rings is 18. The predicted octanol–water partition coefficient (Wildman–Crippen LogP) is 15.0. The van der Waals surface area contributed by atoms with Crippen molar-refractivity contribution in [3.63, 3.8) is 0 Å². The van der Waals surface area contributed by atoms with Gasteiger partial charge in [-0.2, -0.15) is 0 Å². The zero-order valence-electron chi connectivity index (χ0n) is 74.9. The van der Waals surface area contributed by atoms with Crippen LogP contribution in [0.15, 0.2) is 328 Å². The Kier molecular flexibility index (Phi) is 12.3. The van der Waals surface area contributed by atoms with Gasteiger partial charge in [-0.15, -0.1) is 0 Å². The molecule has 138 heavy (non-hydrogen) atoms. The second-order valence-corrected chi connectivity index (χ2v) is 53.6. The number of nitrogens with zero attached hydrogens (tertiary/aromatic N) is 4. The Morgan fingerprint density at radius 2 is 0.536 bits per heavy atom. The molecule has 0 amide bonds. The second-order valence-electron chi connectivity index (χ2n) is 42.4. The van der Waals surface area contributed by atoms with Gasteiger partial charge < -0.3 is 28.1 Å². The molecule has 2 N–H and O–H groups in total. The number of nitrogens with one attached hydrogen (secondary N) is 2. The zero-order valence-corrected chi connectivity index (χ0v) is 76.7. The van der Waals surface area contributed by atoms with Gasteiger partial charge in [0.05, 0.1) is 22.1 Å². The molecule has 0 unspecified atom stereocenters. The van der Waals surface area contributed by atoms with Crippen molar-refractivity contribution in [2.75, 3.05) is 10.2 Å². The van der Waals surface area contributed by atoms with E-state index >= 15 is 0 Å². The molecule has 24 heterocycles. The van der Waals surface area contributed by atoms with E-state index in [1.54, 1.807) is 0 Å². The van der Waals surface area contributed by atoms with Gasteiger partial charge in [-0.05, 0) is 126 Å². The maximum atomic E-state index is 7.14. The van der Waals surface area contributed by atoms with Crippen LogP contribution in [-0.2, 0) is 0 Å². The molecule has 0 atom stereocenters. The molecule has 632 valence electrons. The quantitative estimate of drug-likeness (QED) is 0.123. The van der Waals surface area contributed by atoms with Crippen LogP contribution in [0.2, 0.25) is 0 Å². The summed E-state index contributed by atoms with van der Waals surface area (Å²) in [6.07, 6.45) is 0.988. The average Bonchev–Trinajstić information content (AvgIpc) is 1.36. The van der Waals surface area contributed by atoms with E-state index in [0.717, 1.165) is 146 Å². The molecule has 20 aliphatic heterocycles. The SMILES string of the molecule is Cc1cc2c3c(c1)Oc1ccc4c5ccccc5n5c4c1B3c1c(cccc1-5)O2.Cc1ccc2c3c1Oc1cccc4c1B3c1c(ccc3c5ccccc5n-4c13)O2.[BH2-]1B2B3B1P23(Nc1ccccc1)c1cc2c3ccccc3n3c2c2c1Oc1cccc4c1B2c1c(cccc1-3)O4.[BH2-]1B2B3B1P23(Nc1ccccc1)c1ccc2c3c1Oc1ccc4c5ccccc5n5c4c1B3c1c(cccc1-5)O2. The number of anilines is 2. The van der Waals surface area contributed by atoms with Crippen LogP contribution in [0.5, 0.6) is 92.0 Å². The number of aromatic nitrogens is 4. The number of rotatable bonds is 6. The third kappa shape index (κ3) is 7.79. The van der Waals surface area contributed by atoms with Gasteiger partial charge in [0, 0.05) is 43.8 Å². The summed E-state index contributed by atoms with van der Waals surface area (Å²) in [6, 6.07) is 118. The topological polar surface area (TPSA) is 118 Å². The van der Waals surface area contributed by atoms with Gasteiger partial charge >= 0.3 is 466 Å². The summed E-state index contributed by atoms with van der Waals surface area (Å²) in [5.74, 6) is 15.6. The first kappa shape index (κ1) is 72.2. The van der Waals surface area contributed by atoms with Crippen LogP contribution in [0, 0.1) is 13.8 Å². The number of hydrogen-bond donors (Lipinski definition) is 2. The van der Waals surface area contributed by atoms with Crippen molar-refractivity contribution >= 4 is 266 Å². The van der Waals surface area contributed by atoms with Gasteiger partial charge in [0.2, 0.25) is 0 Å². The molecule has 4 bridgehead atoms. The molecule has 0 aliphatic carbocycles. The third-order valence-electron chi connectivity index (χ3n) is 37.7. The van der Waals surface area contributed by atoms with Crippen molar-refractivity contribution in [3.8, 4) is 115 Å². The fraction of sp³-hybridized carbons (Fsp3) is 0.0182. The predicted molar refractivity (Wildman–Crippen MR) is 582 cm³/mol. The first-order valence-electron chi connectivity index (χ1n) is 49.4. The van der Waals surface area contributed by atoms with Crippen LogP contribution >= 0.6 is 12.8 Å². The molecule has 22 aromatic rings. The Balaban J connectivity index is 0.0000000779. The van der Waals surface area contributed by atoms with Crippen molar-refractivity contribution in [1.82, 2.24) is 18.3 Å². The van der Waals surface area contributed by atoms with E-state index < -0.39 is 12.8 Å². The van der Waals surface area contributed by atoms with Crippen LogP contribution in [0.4, 0.5) is 11.4 Å². The summed E-state index contributed by atoms with van der Waals surface area (Å²) in [7, 11) is 0.279. The van der Waals surface area contributed by atoms with E-state index in [1.165, 1.54) is 192 Å². The van der Waals surface area contributed by atoms with E-state index in [-0.39, 0.29) is 41.0 Å². The molecular weight excluding hydrogens is 1720 g/mol. The first-order chi connectivity index (χ1) is 68.2. The molecule has 18 aromatic carbocycles. The fourth-order valence-electron chi connectivity index (χ4n) is 32.3. The number of hydrogen-bond acceptors (Lipinski definition) is 10. The average molecular weight is 1790 g/mol. The van der Waals surface area contributed by atoms with E-state index in [1.807, 2.05) is 0 Å². The Morgan fingerprint density at radius 3 is 0.978 bits per heavy atom. The van der Waals surface area contributed by atoms with Crippen molar-refractivity contribution in [1.29, 1.82) is 0 Å². The number of aryl methyl sites for hydroxylation is 2. The molecule has 0 spiro atoms. The van der Waals surface area contributed by atoms with Crippen LogP contribution in [-0.4, -0.2) is 96.5 Å². The number of ether oxygens (including phenoxy) is 8. The van der Waals surface area contributed by atoms with Gasteiger partial charge in [-0.1, -0.05) is 54.6 Å². The standard InChI is InChI=1S/2C30H19B5N2O2P.2C25H14BNO2/c1-2-8-17(9-3-1)36-40(33-31-34(40)35(33)40)25-16-19-18-10-4-5-11-20(18)37-21-12-6-13-22-26(21)32-27-23(38-22)14-7-15-24(27)39-30(25)28(32)29(19)37;1-2-7-17(8-3-1)36-40(33-31-34(40)35(33)40)25-16-15-24-28-30(25)39-23-14-13-19-18-9-4-5-10-20(18)37-21-11-6-12-22(38-24)26(21)32(28)27(23)29(19)37;1-13-9-11-20-23-25(13)29-18-8-4-7-17-21(18)26(23)22-19(28-20)12-10-15-14-5-2-3-6-16(14)27(17)24(15)22;1-13-11-20-23-21(12-13)29-19-10-9-15-14-5-2-3-6-16(14)27-17-7-4-8-18(28-20)22(17)26(23)24(19)25(15)27/h2*1-16,36H,31H2;2*2-12H,1H3/q2*-1;;. The summed E-state index contributed by atoms with van der Waals surface area (Å²) in [4.78, 5) is 0. The molecule has 4 aromatic heterocycles. The summed E-state index contributed by atoms with van der Waals surface area (Å²) >= 11 is 0. The summed E-state index contributed by atoms with van der Waals surface area (Å²) in [5, 5.41) is 22.0. The molecule has 0 radical (unpaired) electrons. The van der Waals surface area contributed by atoms with Crippen molar-refractivity contribution < 1.29 is 37.9 Å². The molecule has 14 nitrogen and oxygen atoms in total. The molecule has 8 fully saturated rings. The van der Waals surface area contributed by atoms with Crippen molar-refractivity contribution in [2.24, 2.45) is 0 Å². The van der Waals surface area contributed by atoms with E-state index in [0.29, 0.717) is 0 Å². The Bertz CT molecular complexity index is 9820. The third-order valence-corrected chi connectivity index (χ3v) is 54.5. The summed E-state index contributed by atoms with van der Waals surface area (Å²) < 4.78 is 63.1. The molecule has 0 saturated carbocycles. The molecule has 42 rings (SSSR count). The molecule has 8 saturated heterocycles. The fourth-order valence-corrected chi connectivity index (χ4v) is 52.8.